The highest BCUT2D eigenvalue weighted by molar-refractivity contribution is 9.10. The first kappa shape index (κ1) is 13.1. The first-order valence-corrected chi connectivity index (χ1v) is 8.04. The van der Waals surface area contributed by atoms with Crippen LogP contribution in [0, 0.1) is 0 Å². The molecule has 0 aliphatic carbocycles. The van der Waals surface area contributed by atoms with Crippen molar-refractivity contribution in [1.29, 1.82) is 0 Å². The summed E-state index contributed by atoms with van der Waals surface area (Å²) in [5, 5.41) is 7.56. The molecule has 102 valence electrons. The second kappa shape index (κ2) is 4.92. The monoisotopic (exact) mass is 351 g/mol. The van der Waals surface area contributed by atoms with Crippen LogP contribution in [0.5, 0.6) is 0 Å². The Morgan fingerprint density at radius 1 is 1.10 bits per heavy atom. The quantitative estimate of drug-likeness (QED) is 0.761. The van der Waals surface area contributed by atoms with Gasteiger partial charge in [-0.15, -0.1) is 0 Å². The minimum atomic E-state index is -3.58. The van der Waals surface area contributed by atoms with Crippen molar-refractivity contribution in [1.82, 2.24) is 10.2 Å². The third kappa shape index (κ3) is 2.54. The first-order valence-electron chi connectivity index (χ1n) is 5.76. The van der Waals surface area contributed by atoms with Crippen LogP contribution >= 0.6 is 15.9 Å². The molecule has 2 aromatic carbocycles. The number of rotatable bonds is 3. The Balaban J connectivity index is 1.94. The Labute approximate surface area is 124 Å². The fourth-order valence-corrected chi connectivity index (χ4v) is 3.15. The fraction of sp³-hybridized carbons (Fsp3) is 0. The number of hydrogen-bond donors (Lipinski definition) is 2. The minimum Gasteiger partial charge on any atom is -0.280 e. The zero-order chi connectivity index (χ0) is 14.2. The lowest BCUT2D eigenvalue weighted by molar-refractivity contribution is 0.601. The topological polar surface area (TPSA) is 74.8 Å². The summed E-state index contributed by atoms with van der Waals surface area (Å²) in [6.07, 6.45) is 1.65. The van der Waals surface area contributed by atoms with E-state index in [0.717, 1.165) is 15.4 Å². The van der Waals surface area contributed by atoms with E-state index in [-0.39, 0.29) is 4.90 Å². The summed E-state index contributed by atoms with van der Waals surface area (Å²) in [5.74, 6) is 0. The van der Waals surface area contributed by atoms with Gasteiger partial charge in [-0.25, -0.2) is 8.42 Å². The molecule has 3 aromatic rings. The van der Waals surface area contributed by atoms with E-state index in [2.05, 4.69) is 30.8 Å². The van der Waals surface area contributed by atoms with Gasteiger partial charge in [0, 0.05) is 15.5 Å². The summed E-state index contributed by atoms with van der Waals surface area (Å²) < 4.78 is 27.9. The van der Waals surface area contributed by atoms with Gasteiger partial charge >= 0.3 is 0 Å². The van der Waals surface area contributed by atoms with Crippen molar-refractivity contribution in [3.05, 3.63) is 53.1 Å². The molecule has 1 aromatic heterocycles. The summed E-state index contributed by atoms with van der Waals surface area (Å²) in [6, 6.07) is 11.7. The molecule has 20 heavy (non-hydrogen) atoms. The SMILES string of the molecule is O=S(=O)(Nc1ccc2[nH]ncc2c1)c1ccc(Br)cc1. The molecule has 0 radical (unpaired) electrons. The van der Waals surface area contributed by atoms with Crippen LogP contribution in [0.15, 0.2) is 58.0 Å². The number of benzene rings is 2. The summed E-state index contributed by atoms with van der Waals surface area (Å²) in [5.41, 5.74) is 1.36. The lowest BCUT2D eigenvalue weighted by atomic mass is 10.2. The van der Waals surface area contributed by atoms with Crippen LogP contribution in [-0.2, 0) is 10.0 Å². The average Bonchev–Trinajstić information content (AvgIpc) is 2.86. The van der Waals surface area contributed by atoms with E-state index in [1.807, 2.05) is 0 Å². The van der Waals surface area contributed by atoms with Crippen LogP contribution in [0.4, 0.5) is 5.69 Å². The molecule has 7 heteroatoms. The number of nitrogens with one attached hydrogen (secondary N) is 2. The maximum absolute atomic E-state index is 12.2. The maximum Gasteiger partial charge on any atom is 0.261 e. The first-order chi connectivity index (χ1) is 9.54. The van der Waals surface area contributed by atoms with Gasteiger partial charge in [-0.1, -0.05) is 15.9 Å². The second-order valence-corrected chi connectivity index (χ2v) is 6.83. The number of H-pyrrole nitrogens is 1. The molecule has 0 atom stereocenters. The maximum atomic E-state index is 12.2. The Morgan fingerprint density at radius 2 is 1.85 bits per heavy atom. The van der Waals surface area contributed by atoms with E-state index in [4.69, 9.17) is 0 Å². The van der Waals surface area contributed by atoms with E-state index in [1.54, 1.807) is 48.7 Å². The van der Waals surface area contributed by atoms with E-state index >= 15 is 0 Å². The third-order valence-electron chi connectivity index (χ3n) is 2.82. The normalized spacial score (nSPS) is 11.7. The molecule has 0 spiro atoms. The largest absolute Gasteiger partial charge is 0.280 e. The number of fused-ring (bicyclic) bond motifs is 1. The highest BCUT2D eigenvalue weighted by Crippen LogP contribution is 2.21. The smallest absolute Gasteiger partial charge is 0.261 e. The Kier molecular flexibility index (Phi) is 3.23. The summed E-state index contributed by atoms with van der Waals surface area (Å²) >= 11 is 3.28. The van der Waals surface area contributed by atoms with Crippen molar-refractivity contribution in [3.63, 3.8) is 0 Å². The molecule has 0 amide bonds. The number of sulfonamides is 1. The highest BCUT2D eigenvalue weighted by Gasteiger charge is 2.14. The number of nitrogens with zero attached hydrogens (tertiary/aromatic N) is 1. The zero-order valence-electron chi connectivity index (χ0n) is 10.2. The molecule has 3 rings (SSSR count). The Morgan fingerprint density at radius 3 is 2.60 bits per heavy atom. The lowest BCUT2D eigenvalue weighted by Gasteiger charge is -2.08. The van der Waals surface area contributed by atoms with Gasteiger partial charge in [0.15, 0.2) is 0 Å². The van der Waals surface area contributed by atoms with Crippen molar-refractivity contribution in [3.8, 4) is 0 Å². The minimum absolute atomic E-state index is 0.216. The van der Waals surface area contributed by atoms with Crippen molar-refractivity contribution in [2.24, 2.45) is 0 Å². The predicted octanol–water partition coefficient (Wildman–Crippen LogP) is 3.13. The standard InChI is InChI=1S/C13H10BrN3O2S/c14-10-1-4-12(5-2-10)20(18,19)17-11-3-6-13-9(7-11)8-15-16-13/h1-8,17H,(H,15,16). The van der Waals surface area contributed by atoms with Gasteiger partial charge < -0.3 is 0 Å². The van der Waals surface area contributed by atoms with Gasteiger partial charge in [-0.05, 0) is 42.5 Å². The average molecular weight is 352 g/mol. The number of aromatic nitrogens is 2. The number of hydrogen-bond acceptors (Lipinski definition) is 3. The van der Waals surface area contributed by atoms with Crippen molar-refractivity contribution in [2.45, 2.75) is 4.90 Å². The van der Waals surface area contributed by atoms with Crippen LogP contribution < -0.4 is 4.72 Å². The third-order valence-corrected chi connectivity index (χ3v) is 4.74. The Bertz CT molecular complexity index is 857. The lowest BCUT2D eigenvalue weighted by Crippen LogP contribution is -2.12. The Hall–Kier alpha value is -1.86. The van der Waals surface area contributed by atoms with Crippen molar-refractivity contribution in [2.75, 3.05) is 4.72 Å². The van der Waals surface area contributed by atoms with E-state index < -0.39 is 10.0 Å². The molecule has 0 aliphatic rings. The zero-order valence-corrected chi connectivity index (χ0v) is 12.6. The predicted molar refractivity (Wildman–Crippen MR) is 81.0 cm³/mol. The van der Waals surface area contributed by atoms with Crippen LogP contribution in [0.1, 0.15) is 0 Å². The van der Waals surface area contributed by atoms with Crippen LogP contribution in [-0.4, -0.2) is 18.6 Å². The van der Waals surface area contributed by atoms with Gasteiger partial charge in [0.2, 0.25) is 0 Å². The number of anilines is 1. The van der Waals surface area contributed by atoms with Gasteiger partial charge in [-0.3, -0.25) is 9.82 Å². The molecule has 0 bridgehead atoms. The molecule has 0 saturated carbocycles. The van der Waals surface area contributed by atoms with Gasteiger partial charge in [0.25, 0.3) is 10.0 Å². The summed E-state index contributed by atoms with van der Waals surface area (Å²) in [4.78, 5) is 0.216. The molecule has 0 fully saturated rings. The van der Waals surface area contributed by atoms with Gasteiger partial charge in [0.05, 0.1) is 16.6 Å². The van der Waals surface area contributed by atoms with Crippen LogP contribution in [0.3, 0.4) is 0 Å². The van der Waals surface area contributed by atoms with E-state index in [0.29, 0.717) is 5.69 Å². The fourth-order valence-electron chi connectivity index (χ4n) is 1.83. The molecule has 0 aliphatic heterocycles. The number of halogens is 1. The molecule has 0 unspecified atom stereocenters. The molecular weight excluding hydrogens is 342 g/mol. The van der Waals surface area contributed by atoms with E-state index in [1.165, 1.54) is 0 Å². The van der Waals surface area contributed by atoms with Crippen molar-refractivity contribution >= 4 is 42.5 Å². The molecular formula is C13H10BrN3O2S. The van der Waals surface area contributed by atoms with Crippen LogP contribution in [0.2, 0.25) is 0 Å². The molecule has 0 saturated heterocycles. The molecule has 5 nitrogen and oxygen atoms in total. The van der Waals surface area contributed by atoms with Crippen molar-refractivity contribution < 1.29 is 8.42 Å². The number of aromatic amines is 1. The molecule has 2 N–H and O–H groups in total. The van der Waals surface area contributed by atoms with Crippen LogP contribution in [0.25, 0.3) is 10.9 Å². The van der Waals surface area contributed by atoms with Gasteiger partial charge in [0.1, 0.15) is 0 Å². The summed E-state index contributed by atoms with van der Waals surface area (Å²) in [7, 11) is -3.58. The second-order valence-electron chi connectivity index (χ2n) is 4.23. The highest BCUT2D eigenvalue weighted by atomic mass is 79.9. The van der Waals surface area contributed by atoms with E-state index in [9.17, 15) is 8.42 Å². The van der Waals surface area contributed by atoms with Gasteiger partial charge in [-0.2, -0.15) is 5.10 Å². The summed E-state index contributed by atoms with van der Waals surface area (Å²) in [6.45, 7) is 0. The molecule has 1 heterocycles.